The van der Waals surface area contributed by atoms with Crippen molar-refractivity contribution in [3.8, 4) is 0 Å². The van der Waals surface area contributed by atoms with Gasteiger partial charge in [-0.25, -0.2) is 8.42 Å². The molecule has 0 N–H and O–H groups in total. The molecule has 0 bridgehead atoms. The molecule has 1 fully saturated rings. The van der Waals surface area contributed by atoms with Crippen LogP contribution in [0.3, 0.4) is 0 Å². The highest BCUT2D eigenvalue weighted by molar-refractivity contribution is 7.92. The zero-order valence-corrected chi connectivity index (χ0v) is 14.9. The first-order valence-electron chi connectivity index (χ1n) is 8.22. The first-order chi connectivity index (χ1) is 11.6. The molecule has 4 rings (SSSR count). The standard InChI is InChI=1S/C18H19ClN2O2S/c19-15-4-7-17(8-5-15)24(22,23)21-12-9-14-3-6-16(13-18(14)21)20-10-1-2-11-20/h3-8,13H,1-2,9-12H2. The minimum atomic E-state index is -3.55. The second-order valence-corrected chi connectivity index (χ2v) is 8.59. The van der Waals surface area contributed by atoms with Gasteiger partial charge in [-0.1, -0.05) is 17.7 Å². The molecule has 2 heterocycles. The number of hydrogen-bond acceptors (Lipinski definition) is 3. The van der Waals surface area contributed by atoms with Crippen LogP contribution in [0.25, 0.3) is 0 Å². The summed E-state index contributed by atoms with van der Waals surface area (Å²) in [5.74, 6) is 0. The summed E-state index contributed by atoms with van der Waals surface area (Å²) in [6, 6.07) is 12.6. The third-order valence-corrected chi connectivity index (χ3v) is 6.87. The van der Waals surface area contributed by atoms with E-state index in [0.29, 0.717) is 11.6 Å². The van der Waals surface area contributed by atoms with Gasteiger partial charge in [0.2, 0.25) is 0 Å². The zero-order valence-electron chi connectivity index (χ0n) is 13.3. The van der Waals surface area contributed by atoms with E-state index in [1.807, 2.05) is 6.07 Å². The van der Waals surface area contributed by atoms with Crippen molar-refractivity contribution in [2.75, 3.05) is 28.8 Å². The summed E-state index contributed by atoms with van der Waals surface area (Å²) in [4.78, 5) is 2.61. The molecule has 126 valence electrons. The summed E-state index contributed by atoms with van der Waals surface area (Å²) in [6.45, 7) is 2.58. The van der Waals surface area contributed by atoms with Crippen molar-refractivity contribution < 1.29 is 8.42 Å². The van der Waals surface area contributed by atoms with Crippen LogP contribution in [0.4, 0.5) is 11.4 Å². The van der Waals surface area contributed by atoms with Gasteiger partial charge >= 0.3 is 0 Å². The molecule has 0 radical (unpaired) electrons. The van der Waals surface area contributed by atoms with Crippen LogP contribution in [0.2, 0.25) is 5.02 Å². The minimum absolute atomic E-state index is 0.284. The average Bonchev–Trinajstić information content (AvgIpc) is 3.24. The third-order valence-electron chi connectivity index (χ3n) is 4.79. The van der Waals surface area contributed by atoms with Crippen molar-refractivity contribution >= 4 is 33.0 Å². The zero-order chi connectivity index (χ0) is 16.7. The first-order valence-corrected chi connectivity index (χ1v) is 10.0. The molecule has 2 aromatic carbocycles. The van der Waals surface area contributed by atoms with Crippen LogP contribution in [0.5, 0.6) is 0 Å². The maximum Gasteiger partial charge on any atom is 0.264 e. The molecule has 0 atom stereocenters. The number of anilines is 2. The largest absolute Gasteiger partial charge is 0.371 e. The topological polar surface area (TPSA) is 40.6 Å². The molecule has 0 aliphatic carbocycles. The lowest BCUT2D eigenvalue weighted by molar-refractivity contribution is 0.592. The van der Waals surface area contributed by atoms with Gasteiger partial charge in [0.25, 0.3) is 10.0 Å². The molecule has 0 spiro atoms. The summed E-state index contributed by atoms with van der Waals surface area (Å²) in [5.41, 5.74) is 3.02. The maximum atomic E-state index is 13.0. The highest BCUT2D eigenvalue weighted by atomic mass is 35.5. The van der Waals surface area contributed by atoms with Crippen molar-refractivity contribution in [2.45, 2.75) is 24.2 Å². The predicted molar refractivity (Wildman–Crippen MR) is 97.6 cm³/mol. The van der Waals surface area contributed by atoms with E-state index in [0.717, 1.165) is 36.4 Å². The molecule has 4 nitrogen and oxygen atoms in total. The van der Waals surface area contributed by atoms with E-state index < -0.39 is 10.0 Å². The van der Waals surface area contributed by atoms with Gasteiger partial charge in [-0.2, -0.15) is 0 Å². The average molecular weight is 363 g/mol. The summed E-state index contributed by atoms with van der Waals surface area (Å²) in [6.07, 6.45) is 3.15. The van der Waals surface area contributed by atoms with Gasteiger partial charge in [0.1, 0.15) is 0 Å². The van der Waals surface area contributed by atoms with E-state index in [4.69, 9.17) is 11.6 Å². The Morgan fingerprint density at radius 1 is 0.917 bits per heavy atom. The maximum absolute atomic E-state index is 13.0. The van der Waals surface area contributed by atoms with Gasteiger partial charge in [-0.15, -0.1) is 0 Å². The van der Waals surface area contributed by atoms with Gasteiger partial charge < -0.3 is 4.90 Å². The Bertz CT molecular complexity index is 859. The van der Waals surface area contributed by atoms with E-state index in [-0.39, 0.29) is 4.90 Å². The highest BCUT2D eigenvalue weighted by Crippen LogP contribution is 2.36. The van der Waals surface area contributed by atoms with Gasteiger partial charge in [-0.3, -0.25) is 4.31 Å². The quantitative estimate of drug-likeness (QED) is 0.836. The Hall–Kier alpha value is -1.72. The van der Waals surface area contributed by atoms with Gasteiger partial charge in [0.15, 0.2) is 0 Å². The molecule has 2 aliphatic heterocycles. The van der Waals surface area contributed by atoms with Crippen molar-refractivity contribution in [1.29, 1.82) is 0 Å². The lowest BCUT2D eigenvalue weighted by atomic mass is 10.1. The molecule has 0 saturated carbocycles. The smallest absolute Gasteiger partial charge is 0.264 e. The minimum Gasteiger partial charge on any atom is -0.371 e. The predicted octanol–water partition coefficient (Wildman–Crippen LogP) is 3.69. The molecule has 0 amide bonds. The number of rotatable bonds is 3. The Balaban J connectivity index is 1.72. The molecular formula is C18H19ClN2O2S. The van der Waals surface area contributed by atoms with Crippen LogP contribution in [0.1, 0.15) is 18.4 Å². The van der Waals surface area contributed by atoms with Crippen molar-refractivity contribution in [3.63, 3.8) is 0 Å². The van der Waals surface area contributed by atoms with Crippen molar-refractivity contribution in [2.24, 2.45) is 0 Å². The van der Waals surface area contributed by atoms with Gasteiger partial charge in [-0.05, 0) is 61.2 Å². The van der Waals surface area contributed by atoms with Crippen LogP contribution < -0.4 is 9.21 Å². The Morgan fingerprint density at radius 3 is 2.33 bits per heavy atom. The Kier molecular flexibility index (Phi) is 3.93. The fraction of sp³-hybridized carbons (Fsp3) is 0.333. The highest BCUT2D eigenvalue weighted by Gasteiger charge is 2.31. The van der Waals surface area contributed by atoms with Crippen LogP contribution in [-0.4, -0.2) is 28.1 Å². The van der Waals surface area contributed by atoms with E-state index in [2.05, 4.69) is 17.0 Å². The molecule has 0 aromatic heterocycles. The Morgan fingerprint density at radius 2 is 1.62 bits per heavy atom. The molecule has 0 unspecified atom stereocenters. The van der Waals surface area contributed by atoms with Crippen LogP contribution in [0, 0.1) is 0 Å². The second kappa shape index (κ2) is 5.97. The second-order valence-electron chi connectivity index (χ2n) is 6.29. The molecule has 2 aromatic rings. The van der Waals surface area contributed by atoms with E-state index in [9.17, 15) is 8.42 Å². The Labute approximate surface area is 147 Å². The molecule has 1 saturated heterocycles. The summed E-state index contributed by atoms with van der Waals surface area (Å²) >= 11 is 5.88. The van der Waals surface area contributed by atoms with E-state index in [1.54, 1.807) is 24.3 Å². The normalized spacial score (nSPS) is 17.4. The first kappa shape index (κ1) is 15.8. The number of sulfonamides is 1. The van der Waals surface area contributed by atoms with E-state index >= 15 is 0 Å². The summed E-state index contributed by atoms with van der Waals surface area (Å²) < 4.78 is 27.6. The van der Waals surface area contributed by atoms with Crippen LogP contribution in [0.15, 0.2) is 47.4 Å². The van der Waals surface area contributed by atoms with Crippen molar-refractivity contribution in [1.82, 2.24) is 0 Å². The SMILES string of the molecule is O=S(=O)(c1ccc(Cl)cc1)N1CCc2ccc(N3CCCC3)cc21. The number of fused-ring (bicyclic) bond motifs is 1. The molecule has 2 aliphatic rings. The molecular weight excluding hydrogens is 344 g/mol. The number of hydrogen-bond donors (Lipinski definition) is 0. The van der Waals surface area contributed by atoms with Crippen molar-refractivity contribution in [3.05, 3.63) is 53.1 Å². The fourth-order valence-corrected chi connectivity index (χ4v) is 5.11. The number of benzene rings is 2. The molecule has 24 heavy (non-hydrogen) atoms. The van der Waals surface area contributed by atoms with Crippen LogP contribution in [-0.2, 0) is 16.4 Å². The molecule has 6 heteroatoms. The van der Waals surface area contributed by atoms with Gasteiger partial charge in [0, 0.05) is 30.3 Å². The third kappa shape index (κ3) is 2.66. The van der Waals surface area contributed by atoms with E-state index in [1.165, 1.54) is 17.1 Å². The number of halogens is 1. The van der Waals surface area contributed by atoms with Crippen LogP contribution >= 0.6 is 11.6 Å². The monoisotopic (exact) mass is 362 g/mol. The lowest BCUT2D eigenvalue weighted by Gasteiger charge is -2.23. The fourth-order valence-electron chi connectivity index (χ4n) is 3.49. The summed E-state index contributed by atoms with van der Waals surface area (Å²) in [7, 11) is -3.55. The summed E-state index contributed by atoms with van der Waals surface area (Å²) in [5, 5.41) is 0.534. The van der Waals surface area contributed by atoms with Gasteiger partial charge in [0.05, 0.1) is 10.6 Å². The lowest BCUT2D eigenvalue weighted by Crippen LogP contribution is -2.29. The number of nitrogens with zero attached hydrogens (tertiary/aromatic N) is 2.